The molecule has 0 aliphatic rings. The number of nitro groups is 1. The maximum atomic E-state index is 10.7. The van der Waals surface area contributed by atoms with Gasteiger partial charge in [-0.25, -0.2) is 0 Å². The van der Waals surface area contributed by atoms with Gasteiger partial charge < -0.3 is 5.32 Å². The largest absolute Gasteiger partial charge is 0.378 e. The number of anilines is 1. The fraction of sp³-hybridized carbons (Fsp3) is 0.182. The molecule has 1 aromatic heterocycles. The fourth-order valence-corrected chi connectivity index (χ4v) is 2.29. The Hall–Kier alpha value is -1.64. The Bertz CT molecular complexity index is 556. The van der Waals surface area contributed by atoms with E-state index in [9.17, 15) is 10.1 Å². The van der Waals surface area contributed by atoms with Crippen molar-refractivity contribution in [2.45, 2.75) is 13.0 Å². The first kappa shape index (κ1) is 12.8. The second kappa shape index (κ2) is 5.34. The van der Waals surface area contributed by atoms with Crippen LogP contribution >= 0.6 is 22.6 Å². The molecule has 7 heteroatoms. The quantitative estimate of drug-likeness (QED) is 0.500. The second-order valence-corrected chi connectivity index (χ2v) is 4.98. The van der Waals surface area contributed by atoms with Crippen LogP contribution in [0.4, 0.5) is 11.4 Å². The summed E-state index contributed by atoms with van der Waals surface area (Å²) >= 11 is 1.96. The van der Waals surface area contributed by atoms with E-state index in [0.29, 0.717) is 3.57 Å². The normalized spacial score (nSPS) is 12.1. The molecule has 0 amide bonds. The van der Waals surface area contributed by atoms with E-state index in [2.05, 4.69) is 15.5 Å². The maximum absolute atomic E-state index is 10.7. The first-order valence-electron chi connectivity index (χ1n) is 5.27. The average Bonchev–Trinajstić information content (AvgIpc) is 2.81. The molecule has 0 aliphatic heterocycles. The molecular weight excluding hydrogens is 347 g/mol. The van der Waals surface area contributed by atoms with Crippen molar-refractivity contribution in [1.29, 1.82) is 0 Å². The highest BCUT2D eigenvalue weighted by molar-refractivity contribution is 14.1. The van der Waals surface area contributed by atoms with Gasteiger partial charge in [-0.05, 0) is 41.6 Å². The predicted octanol–water partition coefficient (Wildman–Crippen LogP) is 3.10. The molecule has 2 aromatic rings. The lowest BCUT2D eigenvalue weighted by Gasteiger charge is -2.13. The van der Waals surface area contributed by atoms with Gasteiger partial charge in [0.05, 0.1) is 20.7 Å². The molecule has 0 spiro atoms. The summed E-state index contributed by atoms with van der Waals surface area (Å²) in [7, 11) is 0. The number of hydrogen-bond acceptors (Lipinski definition) is 4. The highest BCUT2D eigenvalue weighted by Crippen LogP contribution is 2.26. The fourth-order valence-electron chi connectivity index (χ4n) is 1.58. The topological polar surface area (TPSA) is 83.8 Å². The number of nitro benzene ring substituents is 1. The van der Waals surface area contributed by atoms with Gasteiger partial charge in [0, 0.05) is 23.5 Å². The first-order valence-corrected chi connectivity index (χ1v) is 6.35. The monoisotopic (exact) mass is 358 g/mol. The van der Waals surface area contributed by atoms with Gasteiger partial charge in [0.2, 0.25) is 0 Å². The van der Waals surface area contributed by atoms with Crippen molar-refractivity contribution in [3.63, 3.8) is 0 Å². The van der Waals surface area contributed by atoms with Crippen molar-refractivity contribution in [3.8, 4) is 0 Å². The summed E-state index contributed by atoms with van der Waals surface area (Å²) in [6, 6.07) is 5.05. The Morgan fingerprint density at radius 2 is 2.33 bits per heavy atom. The molecule has 94 valence electrons. The van der Waals surface area contributed by atoms with Crippen LogP contribution in [-0.4, -0.2) is 15.1 Å². The number of halogens is 1. The summed E-state index contributed by atoms with van der Waals surface area (Å²) in [6.07, 6.45) is 3.56. The summed E-state index contributed by atoms with van der Waals surface area (Å²) < 4.78 is 0.613. The van der Waals surface area contributed by atoms with Crippen LogP contribution in [0.3, 0.4) is 0 Å². The Kier molecular flexibility index (Phi) is 3.80. The molecule has 0 saturated heterocycles. The first-order chi connectivity index (χ1) is 8.58. The number of hydrogen-bond donors (Lipinski definition) is 2. The third-order valence-corrected chi connectivity index (χ3v) is 3.41. The van der Waals surface area contributed by atoms with E-state index < -0.39 is 0 Å². The van der Waals surface area contributed by atoms with E-state index >= 15 is 0 Å². The standard InChI is InChI=1S/C11H11IN4O2/c1-7(8-5-13-14-6-8)15-9-2-3-11(16(17)18)10(12)4-9/h2-7,15H,1H3,(H,13,14). The highest BCUT2D eigenvalue weighted by atomic mass is 127. The molecule has 0 saturated carbocycles. The molecule has 0 bridgehead atoms. The lowest BCUT2D eigenvalue weighted by Crippen LogP contribution is -2.06. The van der Waals surface area contributed by atoms with E-state index in [1.165, 1.54) is 6.07 Å². The average molecular weight is 358 g/mol. The SMILES string of the molecule is CC(Nc1ccc([N+](=O)[O-])c(I)c1)c1cn[nH]c1. The third-order valence-electron chi connectivity index (χ3n) is 2.55. The van der Waals surface area contributed by atoms with Crippen molar-refractivity contribution in [1.82, 2.24) is 10.2 Å². The van der Waals surface area contributed by atoms with Gasteiger partial charge in [0.25, 0.3) is 5.69 Å². The van der Waals surface area contributed by atoms with E-state index in [-0.39, 0.29) is 16.7 Å². The highest BCUT2D eigenvalue weighted by Gasteiger charge is 2.13. The van der Waals surface area contributed by atoms with Crippen LogP contribution in [0.25, 0.3) is 0 Å². The van der Waals surface area contributed by atoms with Crippen molar-refractivity contribution in [3.05, 3.63) is 49.8 Å². The molecule has 1 atom stereocenters. The molecule has 6 nitrogen and oxygen atoms in total. The maximum Gasteiger partial charge on any atom is 0.282 e. The molecule has 2 N–H and O–H groups in total. The van der Waals surface area contributed by atoms with E-state index in [1.807, 2.05) is 35.7 Å². The minimum absolute atomic E-state index is 0.0843. The lowest BCUT2D eigenvalue weighted by atomic mass is 10.2. The zero-order chi connectivity index (χ0) is 13.1. The van der Waals surface area contributed by atoms with Crippen LogP contribution in [0.5, 0.6) is 0 Å². The van der Waals surface area contributed by atoms with Crippen LogP contribution < -0.4 is 5.32 Å². The summed E-state index contributed by atoms with van der Waals surface area (Å²) in [5.74, 6) is 0. The number of nitrogens with zero attached hydrogens (tertiary/aromatic N) is 2. The van der Waals surface area contributed by atoms with Gasteiger partial charge >= 0.3 is 0 Å². The van der Waals surface area contributed by atoms with Gasteiger partial charge in [0.15, 0.2) is 0 Å². The predicted molar refractivity (Wildman–Crippen MR) is 76.4 cm³/mol. The molecule has 0 fully saturated rings. The van der Waals surface area contributed by atoms with Gasteiger partial charge in [0.1, 0.15) is 0 Å². The Morgan fingerprint density at radius 3 is 2.89 bits per heavy atom. The van der Waals surface area contributed by atoms with Gasteiger partial charge in [-0.15, -0.1) is 0 Å². The minimum atomic E-state index is -0.384. The van der Waals surface area contributed by atoms with Gasteiger partial charge in [-0.1, -0.05) is 0 Å². The summed E-state index contributed by atoms with van der Waals surface area (Å²) in [6.45, 7) is 2.00. The van der Waals surface area contributed by atoms with Crippen LogP contribution in [0.15, 0.2) is 30.6 Å². The van der Waals surface area contributed by atoms with Crippen molar-refractivity contribution < 1.29 is 4.92 Å². The second-order valence-electron chi connectivity index (χ2n) is 3.82. The number of aromatic amines is 1. The lowest BCUT2D eigenvalue weighted by molar-refractivity contribution is -0.385. The van der Waals surface area contributed by atoms with Crippen LogP contribution in [0, 0.1) is 13.7 Å². The Balaban J connectivity index is 2.15. The Labute approximate surface area is 117 Å². The number of H-pyrrole nitrogens is 1. The third kappa shape index (κ3) is 2.78. The van der Waals surface area contributed by atoms with Crippen LogP contribution in [0.2, 0.25) is 0 Å². The van der Waals surface area contributed by atoms with Crippen molar-refractivity contribution in [2.24, 2.45) is 0 Å². The molecule has 18 heavy (non-hydrogen) atoms. The molecule has 0 aliphatic carbocycles. The molecule has 0 radical (unpaired) electrons. The van der Waals surface area contributed by atoms with E-state index in [1.54, 1.807) is 18.3 Å². The van der Waals surface area contributed by atoms with Crippen molar-refractivity contribution in [2.75, 3.05) is 5.32 Å². The number of aromatic nitrogens is 2. The Morgan fingerprint density at radius 1 is 1.56 bits per heavy atom. The van der Waals surface area contributed by atoms with Crippen LogP contribution in [0.1, 0.15) is 18.5 Å². The summed E-state index contributed by atoms with van der Waals surface area (Å²) in [4.78, 5) is 10.3. The molecule has 1 aromatic carbocycles. The smallest absolute Gasteiger partial charge is 0.282 e. The van der Waals surface area contributed by atoms with E-state index in [0.717, 1.165) is 11.3 Å². The van der Waals surface area contributed by atoms with Gasteiger partial charge in [-0.2, -0.15) is 5.10 Å². The summed E-state index contributed by atoms with van der Waals surface area (Å²) in [5.41, 5.74) is 2.00. The minimum Gasteiger partial charge on any atom is -0.378 e. The zero-order valence-corrected chi connectivity index (χ0v) is 11.7. The number of nitrogens with one attached hydrogen (secondary N) is 2. The summed E-state index contributed by atoms with van der Waals surface area (Å²) in [5, 5.41) is 20.6. The molecule has 1 heterocycles. The molecular formula is C11H11IN4O2. The van der Waals surface area contributed by atoms with Crippen LogP contribution in [-0.2, 0) is 0 Å². The molecule has 2 rings (SSSR count). The zero-order valence-electron chi connectivity index (χ0n) is 9.55. The number of rotatable bonds is 4. The van der Waals surface area contributed by atoms with Crippen molar-refractivity contribution >= 4 is 34.0 Å². The van der Waals surface area contributed by atoms with Gasteiger partial charge in [-0.3, -0.25) is 15.2 Å². The molecule has 1 unspecified atom stereocenters. The van der Waals surface area contributed by atoms with E-state index in [4.69, 9.17) is 0 Å². The number of benzene rings is 1.